The van der Waals surface area contributed by atoms with E-state index < -0.39 is 0 Å². The Morgan fingerprint density at radius 1 is 1.32 bits per heavy atom. The van der Waals surface area contributed by atoms with Crippen LogP contribution in [0.4, 0.5) is 0 Å². The molecule has 8 heteroatoms. The Kier molecular flexibility index (Phi) is 3.61. The first-order valence-corrected chi connectivity index (χ1v) is 8.30. The molecule has 1 fully saturated rings. The van der Waals surface area contributed by atoms with E-state index in [2.05, 4.69) is 27.0 Å². The predicted octanol–water partition coefficient (Wildman–Crippen LogP) is 3.16. The summed E-state index contributed by atoms with van der Waals surface area (Å²) in [4.78, 5) is 23.4. The van der Waals surface area contributed by atoms with Gasteiger partial charge in [0.1, 0.15) is 22.5 Å². The van der Waals surface area contributed by atoms with Crippen LogP contribution < -0.4 is 10.4 Å². The van der Waals surface area contributed by atoms with Gasteiger partial charge in [-0.1, -0.05) is 18.5 Å². The zero-order chi connectivity index (χ0) is 17.6. The summed E-state index contributed by atoms with van der Waals surface area (Å²) < 4.78 is 7.07. The molecule has 0 amide bonds. The number of rotatable bonds is 4. The van der Waals surface area contributed by atoms with Gasteiger partial charge in [0.05, 0.1) is 5.69 Å². The molecule has 1 aliphatic carbocycles. The van der Waals surface area contributed by atoms with E-state index in [4.69, 9.17) is 16.3 Å². The minimum absolute atomic E-state index is 0.0108. The highest BCUT2D eigenvalue weighted by Gasteiger charge is 2.42. The smallest absolute Gasteiger partial charge is 0.349 e. The first-order valence-electron chi connectivity index (χ1n) is 7.92. The minimum atomic E-state index is -0.287. The fourth-order valence-electron chi connectivity index (χ4n) is 2.51. The Morgan fingerprint density at radius 2 is 2.12 bits per heavy atom. The third-order valence-corrected chi connectivity index (χ3v) is 4.56. The number of nitrogens with zero attached hydrogens (tertiary/aromatic N) is 4. The number of aromatic amines is 1. The number of hydrogen-bond donors (Lipinski definition) is 1. The Labute approximate surface area is 148 Å². The Bertz CT molecular complexity index is 1010. The highest BCUT2D eigenvalue weighted by molar-refractivity contribution is 6.29. The van der Waals surface area contributed by atoms with Crippen LogP contribution in [0.25, 0.3) is 5.82 Å². The van der Waals surface area contributed by atoms with Gasteiger partial charge in [-0.2, -0.15) is 4.68 Å². The van der Waals surface area contributed by atoms with Gasteiger partial charge < -0.3 is 4.74 Å². The Hall–Kier alpha value is -2.67. The lowest BCUT2D eigenvalue weighted by Gasteiger charge is -2.09. The largest absolute Gasteiger partial charge is 0.455 e. The number of hydrogen-bond acceptors (Lipinski definition) is 5. The summed E-state index contributed by atoms with van der Waals surface area (Å²) in [6.07, 6.45) is 3.64. The van der Waals surface area contributed by atoms with Gasteiger partial charge in [-0.05, 0) is 38.0 Å². The van der Waals surface area contributed by atoms with E-state index in [1.165, 1.54) is 4.68 Å². The maximum absolute atomic E-state index is 12.2. The van der Waals surface area contributed by atoms with Crippen LogP contribution in [0.15, 0.2) is 35.3 Å². The zero-order valence-corrected chi connectivity index (χ0v) is 14.5. The maximum Gasteiger partial charge on any atom is 0.349 e. The van der Waals surface area contributed by atoms with Crippen LogP contribution in [0.5, 0.6) is 11.5 Å². The van der Waals surface area contributed by atoms with Crippen molar-refractivity contribution in [2.75, 3.05) is 0 Å². The Morgan fingerprint density at radius 3 is 2.80 bits per heavy atom. The molecular weight excluding hydrogens is 342 g/mol. The number of halogens is 1. The average molecular weight is 358 g/mol. The molecule has 4 rings (SSSR count). The molecule has 25 heavy (non-hydrogen) atoms. The summed E-state index contributed by atoms with van der Waals surface area (Å²) >= 11 is 5.86. The normalized spacial score (nSPS) is 15.2. The van der Waals surface area contributed by atoms with Crippen molar-refractivity contribution in [3.8, 4) is 17.3 Å². The van der Waals surface area contributed by atoms with E-state index in [0.717, 1.165) is 12.8 Å². The van der Waals surface area contributed by atoms with Crippen molar-refractivity contribution in [2.24, 2.45) is 0 Å². The summed E-state index contributed by atoms with van der Waals surface area (Å²) in [6, 6.07) is 6.79. The van der Waals surface area contributed by atoms with Gasteiger partial charge >= 0.3 is 5.69 Å². The number of H-pyrrole nitrogens is 1. The van der Waals surface area contributed by atoms with E-state index >= 15 is 0 Å². The maximum atomic E-state index is 12.2. The first kappa shape index (κ1) is 15.8. The fourth-order valence-corrected chi connectivity index (χ4v) is 2.68. The standard InChI is InChI=1S/C17H16ClN5O2/c1-10-12(25-11-5-8-19-13(18)9-11)3-4-14(20-10)23-16(24)21-15(22-23)17(2)6-7-17/h3-5,8-9H,6-7H2,1-2H3,(H,21,22,24). The lowest BCUT2D eigenvalue weighted by atomic mass is 10.1. The second-order valence-electron chi connectivity index (χ2n) is 6.42. The molecular formula is C17H16ClN5O2. The highest BCUT2D eigenvalue weighted by Crippen LogP contribution is 2.45. The topological polar surface area (TPSA) is 85.7 Å². The van der Waals surface area contributed by atoms with Crippen LogP contribution in [0, 0.1) is 6.92 Å². The second-order valence-corrected chi connectivity index (χ2v) is 6.81. The summed E-state index contributed by atoms with van der Waals surface area (Å²) in [6.45, 7) is 3.90. The predicted molar refractivity (Wildman–Crippen MR) is 92.6 cm³/mol. The second kappa shape index (κ2) is 5.70. The lowest BCUT2D eigenvalue weighted by molar-refractivity contribution is 0.474. The van der Waals surface area contributed by atoms with E-state index in [0.29, 0.717) is 34.0 Å². The molecule has 1 N–H and O–H groups in total. The van der Waals surface area contributed by atoms with Gasteiger partial charge in [-0.3, -0.25) is 4.98 Å². The number of ether oxygens (including phenoxy) is 1. The van der Waals surface area contributed by atoms with Crippen LogP contribution in [0.2, 0.25) is 5.15 Å². The number of aromatic nitrogens is 5. The van der Waals surface area contributed by atoms with Crippen molar-refractivity contribution in [3.05, 3.63) is 57.6 Å². The molecule has 0 radical (unpaired) electrons. The Balaban J connectivity index is 1.64. The molecule has 3 aromatic heterocycles. The molecule has 1 saturated carbocycles. The van der Waals surface area contributed by atoms with Crippen LogP contribution in [0.3, 0.4) is 0 Å². The SMILES string of the molecule is Cc1nc(-n2nc(C3(C)CC3)[nH]c2=O)ccc1Oc1ccnc(Cl)c1. The fraction of sp³-hybridized carbons (Fsp3) is 0.294. The number of pyridine rings is 2. The van der Waals surface area contributed by atoms with Gasteiger partial charge in [0.25, 0.3) is 0 Å². The third-order valence-electron chi connectivity index (χ3n) is 4.35. The molecule has 3 heterocycles. The van der Waals surface area contributed by atoms with E-state index in [1.54, 1.807) is 30.5 Å². The molecule has 0 saturated heterocycles. The van der Waals surface area contributed by atoms with Gasteiger partial charge in [0.15, 0.2) is 5.82 Å². The molecule has 0 aliphatic heterocycles. The van der Waals surface area contributed by atoms with Crippen molar-refractivity contribution >= 4 is 11.6 Å². The molecule has 0 aromatic carbocycles. The first-order chi connectivity index (χ1) is 11.9. The summed E-state index contributed by atoms with van der Waals surface area (Å²) in [5.74, 6) is 2.31. The molecule has 0 atom stereocenters. The van der Waals surface area contributed by atoms with E-state index in [9.17, 15) is 4.79 Å². The van der Waals surface area contributed by atoms with Gasteiger partial charge in [0, 0.05) is 17.7 Å². The lowest BCUT2D eigenvalue weighted by Crippen LogP contribution is -2.17. The zero-order valence-electron chi connectivity index (χ0n) is 13.8. The average Bonchev–Trinajstić information content (AvgIpc) is 3.19. The summed E-state index contributed by atoms with van der Waals surface area (Å²) in [5, 5.41) is 4.75. The highest BCUT2D eigenvalue weighted by atomic mass is 35.5. The minimum Gasteiger partial charge on any atom is -0.455 e. The van der Waals surface area contributed by atoms with Crippen molar-refractivity contribution in [1.29, 1.82) is 0 Å². The van der Waals surface area contributed by atoms with Gasteiger partial charge in [-0.15, -0.1) is 5.10 Å². The number of aryl methyl sites for hydroxylation is 1. The summed E-state index contributed by atoms with van der Waals surface area (Å²) in [5.41, 5.74) is 0.340. The number of nitrogens with one attached hydrogen (secondary N) is 1. The third kappa shape index (κ3) is 3.02. The van der Waals surface area contributed by atoms with Crippen LogP contribution >= 0.6 is 11.6 Å². The van der Waals surface area contributed by atoms with E-state index in [-0.39, 0.29) is 11.1 Å². The van der Waals surface area contributed by atoms with Crippen molar-refractivity contribution < 1.29 is 4.74 Å². The quantitative estimate of drug-likeness (QED) is 0.725. The van der Waals surface area contributed by atoms with Crippen LogP contribution in [-0.2, 0) is 5.41 Å². The molecule has 1 aliphatic rings. The van der Waals surface area contributed by atoms with E-state index in [1.807, 2.05) is 6.92 Å². The van der Waals surface area contributed by atoms with Crippen molar-refractivity contribution in [2.45, 2.75) is 32.1 Å². The summed E-state index contributed by atoms with van der Waals surface area (Å²) in [7, 11) is 0. The molecule has 3 aromatic rings. The van der Waals surface area contributed by atoms with Crippen LogP contribution in [-0.4, -0.2) is 24.7 Å². The van der Waals surface area contributed by atoms with Gasteiger partial charge in [-0.25, -0.2) is 14.8 Å². The van der Waals surface area contributed by atoms with Crippen LogP contribution in [0.1, 0.15) is 31.3 Å². The monoisotopic (exact) mass is 357 g/mol. The van der Waals surface area contributed by atoms with Crippen molar-refractivity contribution in [1.82, 2.24) is 24.7 Å². The molecule has 128 valence electrons. The molecule has 0 spiro atoms. The van der Waals surface area contributed by atoms with Gasteiger partial charge in [0.2, 0.25) is 0 Å². The molecule has 7 nitrogen and oxygen atoms in total. The van der Waals surface area contributed by atoms with Crippen molar-refractivity contribution in [3.63, 3.8) is 0 Å². The molecule has 0 unspecified atom stereocenters. The molecule has 0 bridgehead atoms.